The monoisotopic (exact) mass is 567 g/mol. The number of anilines is 1. The van der Waals surface area contributed by atoms with Crippen molar-refractivity contribution in [1.82, 2.24) is 5.32 Å². The van der Waals surface area contributed by atoms with Crippen LogP contribution in [-0.4, -0.2) is 42.2 Å². The van der Waals surface area contributed by atoms with Crippen LogP contribution in [0.2, 0.25) is 0 Å². The highest BCUT2D eigenvalue weighted by Crippen LogP contribution is 2.50. The van der Waals surface area contributed by atoms with Gasteiger partial charge in [0.05, 0.1) is 38.0 Å². The van der Waals surface area contributed by atoms with Gasteiger partial charge in [0.2, 0.25) is 27.1 Å². The van der Waals surface area contributed by atoms with Gasteiger partial charge in [-0.3, -0.25) is 9.59 Å². The van der Waals surface area contributed by atoms with Gasteiger partial charge in [-0.15, -0.1) is 0 Å². The van der Waals surface area contributed by atoms with Crippen LogP contribution in [-0.2, 0) is 27.7 Å². The van der Waals surface area contributed by atoms with Crippen LogP contribution in [0.4, 0.5) is 5.69 Å². The fourth-order valence-electron chi connectivity index (χ4n) is 5.04. The average molecular weight is 568 g/mol. The number of benzene rings is 2. The van der Waals surface area contributed by atoms with E-state index in [2.05, 4.69) is 10.6 Å². The first-order valence-corrected chi connectivity index (χ1v) is 14.2. The number of rotatable bonds is 9. The molecule has 1 atom stereocenters. The summed E-state index contributed by atoms with van der Waals surface area (Å²) in [4.78, 5) is 25.5. The highest BCUT2D eigenvalue weighted by molar-refractivity contribution is 7.89. The largest absolute Gasteiger partial charge is 0.493 e. The summed E-state index contributed by atoms with van der Waals surface area (Å²) in [6.07, 6.45) is 1.72. The molecule has 0 heterocycles. The molecule has 3 aromatic rings. The molecule has 10 nitrogen and oxygen atoms in total. The fraction of sp³-hybridized carbons (Fsp3) is 0.310. The van der Waals surface area contributed by atoms with Crippen LogP contribution in [0.1, 0.15) is 36.1 Å². The molecule has 0 unspecified atom stereocenters. The van der Waals surface area contributed by atoms with Crippen molar-refractivity contribution in [3.63, 3.8) is 0 Å². The maximum absolute atomic E-state index is 13.4. The lowest BCUT2D eigenvalue weighted by molar-refractivity contribution is -0.119. The normalized spacial score (nSPS) is 14.3. The number of nitrogens with two attached hydrogens (primary N) is 1. The second-order valence-electron chi connectivity index (χ2n) is 9.46. The molecule has 1 aliphatic carbocycles. The van der Waals surface area contributed by atoms with E-state index in [1.54, 1.807) is 38.5 Å². The molecule has 40 heavy (non-hydrogen) atoms. The molecule has 1 amide bonds. The third-order valence-electron chi connectivity index (χ3n) is 6.90. The summed E-state index contributed by atoms with van der Waals surface area (Å²) >= 11 is 0. The summed E-state index contributed by atoms with van der Waals surface area (Å²) in [5, 5.41) is 11.4. The SMILES string of the molecule is COc1cc2c(c(OC)c1OC)-c1ccc(NCCc3ccc(S(N)(=O)=O)cc3)c(=O)cc1[C@@H](NC(C)=O)CC2. The number of hydrogen-bond donors (Lipinski definition) is 3. The van der Waals surface area contributed by atoms with Gasteiger partial charge in [-0.2, -0.15) is 0 Å². The molecular formula is C29H33N3O7S. The molecule has 0 saturated carbocycles. The summed E-state index contributed by atoms with van der Waals surface area (Å²) in [6.45, 7) is 1.88. The molecule has 0 aromatic heterocycles. The molecule has 0 spiro atoms. The van der Waals surface area contributed by atoms with Crippen molar-refractivity contribution >= 4 is 21.6 Å². The number of hydrogen-bond acceptors (Lipinski definition) is 8. The van der Waals surface area contributed by atoms with Crippen molar-refractivity contribution in [2.75, 3.05) is 33.2 Å². The van der Waals surface area contributed by atoms with Gasteiger partial charge in [-0.25, -0.2) is 13.6 Å². The first kappa shape index (κ1) is 28.9. The van der Waals surface area contributed by atoms with E-state index in [1.807, 2.05) is 12.1 Å². The number of primary sulfonamides is 1. The molecule has 11 heteroatoms. The highest BCUT2D eigenvalue weighted by Gasteiger charge is 2.29. The third-order valence-corrected chi connectivity index (χ3v) is 7.83. The van der Waals surface area contributed by atoms with E-state index < -0.39 is 16.1 Å². The Hall–Kier alpha value is -4.09. The Bertz CT molecular complexity index is 1590. The molecule has 0 bridgehead atoms. The van der Waals surface area contributed by atoms with E-state index in [9.17, 15) is 18.0 Å². The maximum Gasteiger partial charge on any atom is 0.238 e. The Labute approximate surface area is 233 Å². The fourth-order valence-corrected chi connectivity index (χ4v) is 5.56. The average Bonchev–Trinajstić information content (AvgIpc) is 3.16. The van der Waals surface area contributed by atoms with Crippen molar-refractivity contribution in [1.29, 1.82) is 0 Å². The number of carbonyl (C=O) groups excluding carboxylic acids is 1. The number of aryl methyl sites for hydroxylation is 1. The predicted molar refractivity (Wildman–Crippen MR) is 153 cm³/mol. The number of nitrogens with one attached hydrogen (secondary N) is 2. The zero-order valence-corrected chi connectivity index (χ0v) is 23.7. The first-order chi connectivity index (χ1) is 19.1. The van der Waals surface area contributed by atoms with Crippen molar-refractivity contribution in [3.05, 3.63) is 75.4 Å². The minimum atomic E-state index is -3.76. The van der Waals surface area contributed by atoms with Crippen LogP contribution in [0, 0.1) is 0 Å². The minimum Gasteiger partial charge on any atom is -0.493 e. The molecule has 212 valence electrons. The third kappa shape index (κ3) is 6.05. The van der Waals surface area contributed by atoms with E-state index in [0.29, 0.717) is 54.3 Å². The molecule has 3 aromatic carbocycles. The lowest BCUT2D eigenvalue weighted by Gasteiger charge is -2.19. The Kier molecular flexibility index (Phi) is 8.65. The Morgan fingerprint density at radius 3 is 2.30 bits per heavy atom. The van der Waals surface area contributed by atoms with Crippen molar-refractivity contribution < 1.29 is 27.4 Å². The van der Waals surface area contributed by atoms with Gasteiger partial charge in [0.25, 0.3) is 0 Å². The molecule has 0 aliphatic heterocycles. The summed E-state index contributed by atoms with van der Waals surface area (Å²) < 4.78 is 40.0. The van der Waals surface area contributed by atoms with E-state index in [1.165, 1.54) is 26.2 Å². The van der Waals surface area contributed by atoms with Gasteiger partial charge >= 0.3 is 0 Å². The van der Waals surface area contributed by atoms with E-state index in [-0.39, 0.29) is 16.2 Å². The number of sulfonamides is 1. The van der Waals surface area contributed by atoms with Crippen LogP contribution in [0.15, 0.2) is 58.2 Å². The lowest BCUT2D eigenvalue weighted by Crippen LogP contribution is -2.26. The number of fused-ring (bicyclic) bond motifs is 3. The highest BCUT2D eigenvalue weighted by atomic mass is 32.2. The van der Waals surface area contributed by atoms with E-state index in [0.717, 1.165) is 22.3 Å². The summed E-state index contributed by atoms with van der Waals surface area (Å²) in [5.41, 5.74) is 4.18. The summed E-state index contributed by atoms with van der Waals surface area (Å²) in [7, 11) is 0.890. The van der Waals surface area contributed by atoms with E-state index >= 15 is 0 Å². The molecule has 4 rings (SSSR count). The quantitative estimate of drug-likeness (QED) is 0.357. The molecule has 4 N–H and O–H groups in total. The number of carbonyl (C=O) groups is 1. The topological polar surface area (TPSA) is 146 Å². The Morgan fingerprint density at radius 2 is 1.70 bits per heavy atom. The smallest absolute Gasteiger partial charge is 0.238 e. The Morgan fingerprint density at radius 1 is 1.00 bits per heavy atom. The van der Waals surface area contributed by atoms with Crippen molar-refractivity contribution in [2.45, 2.75) is 37.1 Å². The van der Waals surface area contributed by atoms with Gasteiger partial charge in [-0.1, -0.05) is 18.2 Å². The lowest BCUT2D eigenvalue weighted by atomic mass is 9.95. The van der Waals surface area contributed by atoms with Gasteiger partial charge in [0.1, 0.15) is 0 Å². The van der Waals surface area contributed by atoms with Crippen LogP contribution in [0.5, 0.6) is 17.2 Å². The second kappa shape index (κ2) is 12.0. The predicted octanol–water partition coefficient (Wildman–Crippen LogP) is 3.17. The standard InChI is InChI=1S/C29H33N3O7S/c1-17(33)32-23-11-7-19-15-26(37-2)28(38-3)29(39-4)27(19)21-10-12-24(25(34)16-22(21)23)31-14-13-18-5-8-20(9-6-18)40(30,35)36/h5-6,8-10,12,15-16,23H,7,11,13-14H2,1-4H3,(H,31,34)(H,32,33)(H2,30,35,36)/t23-/m0/s1. The Balaban J connectivity index is 1.75. The number of amides is 1. The van der Waals surface area contributed by atoms with Crippen LogP contribution < -0.4 is 35.4 Å². The summed E-state index contributed by atoms with van der Waals surface area (Å²) in [6, 6.07) is 12.9. The maximum atomic E-state index is 13.4. The first-order valence-electron chi connectivity index (χ1n) is 12.7. The molecule has 1 aliphatic rings. The van der Waals surface area contributed by atoms with Crippen molar-refractivity contribution in [3.8, 4) is 28.4 Å². The minimum absolute atomic E-state index is 0.0429. The van der Waals surface area contributed by atoms with E-state index in [4.69, 9.17) is 19.3 Å². The molecule has 0 fully saturated rings. The molecule has 0 radical (unpaired) electrons. The van der Waals surface area contributed by atoms with Crippen LogP contribution in [0.25, 0.3) is 11.1 Å². The second-order valence-corrected chi connectivity index (χ2v) is 11.0. The zero-order chi connectivity index (χ0) is 29.0. The van der Waals surface area contributed by atoms with Gasteiger partial charge < -0.3 is 24.8 Å². The van der Waals surface area contributed by atoms with Gasteiger partial charge in [0.15, 0.2) is 11.5 Å². The summed E-state index contributed by atoms with van der Waals surface area (Å²) in [5.74, 6) is 1.25. The molecular weight excluding hydrogens is 534 g/mol. The zero-order valence-electron chi connectivity index (χ0n) is 22.9. The molecule has 0 saturated heterocycles. The number of methoxy groups -OCH3 is 3. The van der Waals surface area contributed by atoms with Crippen molar-refractivity contribution in [2.24, 2.45) is 5.14 Å². The van der Waals surface area contributed by atoms with Gasteiger partial charge in [-0.05, 0) is 71.8 Å². The van der Waals surface area contributed by atoms with Gasteiger partial charge in [0, 0.05) is 19.0 Å². The number of ether oxygens (including phenoxy) is 3. The van der Waals surface area contributed by atoms with Crippen LogP contribution in [0.3, 0.4) is 0 Å². The van der Waals surface area contributed by atoms with Crippen LogP contribution >= 0.6 is 0 Å².